The molecule has 268 valence electrons. The summed E-state index contributed by atoms with van der Waals surface area (Å²) in [6.45, 7) is 3.99. The number of alkyl halides is 1. The van der Waals surface area contributed by atoms with E-state index in [1.807, 2.05) is 11.9 Å². The topological polar surface area (TPSA) is 100 Å². The number of aryl methyl sites for hydroxylation is 1. The lowest BCUT2D eigenvalue weighted by molar-refractivity contribution is -0.124. The van der Waals surface area contributed by atoms with Crippen LogP contribution in [-0.4, -0.2) is 98.2 Å². The zero-order valence-corrected chi connectivity index (χ0v) is 29.5. The van der Waals surface area contributed by atoms with Crippen molar-refractivity contribution in [3.05, 3.63) is 83.0 Å². The first-order valence-corrected chi connectivity index (χ1v) is 17.7. The second-order valence-corrected chi connectivity index (χ2v) is 14.2. The number of amides is 1. The number of anilines is 1. The highest BCUT2D eigenvalue weighted by molar-refractivity contribution is 6.36. The van der Waals surface area contributed by atoms with Crippen LogP contribution in [0.2, 0.25) is 5.02 Å². The molecule has 5 aromatic rings. The lowest BCUT2D eigenvalue weighted by Crippen LogP contribution is -2.43. The molecule has 8 rings (SSSR count). The van der Waals surface area contributed by atoms with Crippen molar-refractivity contribution in [3.63, 3.8) is 0 Å². The minimum absolute atomic E-state index is 0.0362. The van der Waals surface area contributed by atoms with Gasteiger partial charge >= 0.3 is 6.01 Å². The number of pyridine rings is 1. The number of hydrogen-bond acceptors (Lipinski definition) is 9. The van der Waals surface area contributed by atoms with E-state index in [1.54, 1.807) is 54.4 Å². The van der Waals surface area contributed by atoms with Crippen LogP contribution in [-0.2, 0) is 4.79 Å². The molecule has 3 saturated heterocycles. The second kappa shape index (κ2) is 13.6. The number of fused-ring (bicyclic) bond motifs is 3. The average Bonchev–Trinajstić information content (AvgIpc) is 3.86. The van der Waals surface area contributed by atoms with E-state index in [0.29, 0.717) is 71.5 Å². The van der Waals surface area contributed by atoms with Crippen LogP contribution in [0.15, 0.2) is 54.9 Å². The zero-order chi connectivity index (χ0) is 36.1. The van der Waals surface area contributed by atoms with Gasteiger partial charge in [-0.2, -0.15) is 9.97 Å². The van der Waals surface area contributed by atoms with Gasteiger partial charge in [-0.3, -0.25) is 14.7 Å². The molecular weight excluding hydrogens is 693 g/mol. The smallest absolute Gasteiger partial charge is 0.319 e. The number of likely N-dealkylation sites (tertiary alicyclic amines) is 1. The predicted molar refractivity (Wildman–Crippen MR) is 193 cm³/mol. The second-order valence-electron chi connectivity index (χ2n) is 13.8. The van der Waals surface area contributed by atoms with Crippen molar-refractivity contribution in [1.29, 1.82) is 0 Å². The van der Waals surface area contributed by atoms with Gasteiger partial charge in [-0.05, 0) is 56.3 Å². The Labute approximate surface area is 303 Å². The Hall–Kier alpha value is -4.88. The number of carbonyl (C=O) groups is 1. The Kier molecular flexibility index (Phi) is 8.94. The number of likely N-dealkylation sites (N-methyl/N-ethyl adjacent to an activating group) is 1. The summed E-state index contributed by atoms with van der Waals surface area (Å²) in [4.78, 5) is 41.2. The molecule has 2 aromatic carbocycles. The molecule has 3 aliphatic rings. The summed E-state index contributed by atoms with van der Waals surface area (Å²) in [5, 5.41) is 1.16. The van der Waals surface area contributed by atoms with Crippen molar-refractivity contribution in [2.45, 2.75) is 50.4 Å². The highest BCUT2D eigenvalue weighted by atomic mass is 35.5. The first-order valence-electron chi connectivity index (χ1n) is 17.3. The molecule has 52 heavy (non-hydrogen) atoms. The molecule has 3 aromatic heterocycles. The average molecular weight is 729 g/mol. The third-order valence-corrected chi connectivity index (χ3v) is 11.0. The summed E-state index contributed by atoms with van der Waals surface area (Å²) in [5.74, 6) is -0.542. The number of rotatable bonds is 8. The van der Waals surface area contributed by atoms with Gasteiger partial charge in [-0.1, -0.05) is 35.9 Å². The standard InChI is InChI=1S/C38H36ClF3N8O2/c1-22-43-14-11-25(45-22)8-10-30(51)49-16-12-26(20-49)48(2)36-28-18-44-34(27-6-3-5-23-7-9-29(41)32(39)31(23)27)33(42)35(28)46-37(47-36)52-21-38-13-4-15-50(38)19-24(40)17-38/h3,5-11,14,18,24,26H,4,12-13,15-17,19-21H2,1-2H3/b10-8+/t24-,26-,38+/m1/s1. The molecule has 3 fully saturated rings. The van der Waals surface area contributed by atoms with Crippen molar-refractivity contribution < 1.29 is 22.7 Å². The van der Waals surface area contributed by atoms with Crippen molar-refractivity contribution in [3.8, 4) is 17.3 Å². The van der Waals surface area contributed by atoms with Crippen LogP contribution in [0.5, 0.6) is 6.01 Å². The maximum Gasteiger partial charge on any atom is 0.319 e. The fourth-order valence-electron chi connectivity index (χ4n) is 7.96. The molecule has 0 aliphatic carbocycles. The minimum Gasteiger partial charge on any atom is -0.461 e. The molecule has 0 spiro atoms. The zero-order valence-electron chi connectivity index (χ0n) is 28.7. The fourth-order valence-corrected chi connectivity index (χ4v) is 8.23. The monoisotopic (exact) mass is 728 g/mol. The summed E-state index contributed by atoms with van der Waals surface area (Å²) in [5.41, 5.74) is 0.390. The number of nitrogens with zero attached hydrogens (tertiary/aromatic N) is 8. The first-order chi connectivity index (χ1) is 25.1. The van der Waals surface area contributed by atoms with Crippen LogP contribution in [0.25, 0.3) is 39.0 Å². The van der Waals surface area contributed by atoms with Crippen LogP contribution in [0.4, 0.5) is 19.0 Å². The van der Waals surface area contributed by atoms with E-state index < -0.39 is 23.3 Å². The van der Waals surface area contributed by atoms with Crippen molar-refractivity contribution in [2.24, 2.45) is 0 Å². The van der Waals surface area contributed by atoms with E-state index in [1.165, 1.54) is 18.3 Å². The summed E-state index contributed by atoms with van der Waals surface area (Å²) in [7, 11) is 1.84. The van der Waals surface area contributed by atoms with Gasteiger partial charge in [-0.25, -0.2) is 23.1 Å². The number of carbonyl (C=O) groups excluding carboxylic acids is 1. The molecular formula is C38H36ClF3N8O2. The SMILES string of the molecule is Cc1nccc(/C=C/C(=O)N2CC[C@@H](N(C)c3nc(OC[C@@]45CCCN4C[C@H](F)C5)nc4c(F)c(-c5cccc6ccc(F)c(Cl)c56)ncc34)C2)n1. The Morgan fingerprint density at radius 3 is 2.83 bits per heavy atom. The third-order valence-electron chi connectivity index (χ3n) is 10.6. The van der Waals surface area contributed by atoms with E-state index in [2.05, 4.69) is 24.8 Å². The van der Waals surface area contributed by atoms with E-state index >= 15 is 4.39 Å². The Balaban J connectivity index is 1.15. The van der Waals surface area contributed by atoms with E-state index in [9.17, 15) is 13.6 Å². The molecule has 10 nitrogen and oxygen atoms in total. The molecule has 14 heteroatoms. The Morgan fingerprint density at radius 1 is 1.12 bits per heavy atom. The molecule has 0 N–H and O–H groups in total. The lowest BCUT2D eigenvalue weighted by Gasteiger charge is -2.31. The summed E-state index contributed by atoms with van der Waals surface area (Å²) in [6.07, 6.45) is 8.07. The normalized spacial score (nSPS) is 21.8. The van der Waals surface area contributed by atoms with E-state index in [0.717, 1.165) is 19.4 Å². The molecule has 3 aliphatic heterocycles. The van der Waals surface area contributed by atoms with Crippen LogP contribution in [0.3, 0.4) is 0 Å². The minimum atomic E-state index is -0.945. The van der Waals surface area contributed by atoms with Crippen LogP contribution in [0, 0.1) is 18.6 Å². The lowest BCUT2D eigenvalue weighted by atomic mass is 9.95. The van der Waals surface area contributed by atoms with Crippen molar-refractivity contribution in [2.75, 3.05) is 44.7 Å². The Morgan fingerprint density at radius 2 is 1.98 bits per heavy atom. The van der Waals surface area contributed by atoms with Gasteiger partial charge in [0.2, 0.25) is 5.91 Å². The summed E-state index contributed by atoms with van der Waals surface area (Å²) in [6, 6.07) is 9.50. The van der Waals surface area contributed by atoms with Gasteiger partial charge < -0.3 is 14.5 Å². The van der Waals surface area contributed by atoms with Crippen LogP contribution >= 0.6 is 11.6 Å². The highest BCUT2D eigenvalue weighted by Crippen LogP contribution is 2.42. The molecule has 0 bridgehead atoms. The predicted octanol–water partition coefficient (Wildman–Crippen LogP) is 6.58. The maximum absolute atomic E-state index is 16.8. The number of halogens is 4. The van der Waals surface area contributed by atoms with Gasteiger partial charge in [0.05, 0.1) is 21.6 Å². The van der Waals surface area contributed by atoms with Gasteiger partial charge in [0.25, 0.3) is 0 Å². The molecule has 0 radical (unpaired) electrons. The van der Waals surface area contributed by atoms with Crippen molar-refractivity contribution in [1.82, 2.24) is 34.7 Å². The Bertz CT molecular complexity index is 2240. The molecule has 0 saturated carbocycles. The quantitative estimate of drug-likeness (QED) is 0.164. The van der Waals surface area contributed by atoms with E-state index in [-0.39, 0.29) is 40.8 Å². The number of hydrogen-bond donors (Lipinski definition) is 0. The molecule has 1 amide bonds. The summed E-state index contributed by atoms with van der Waals surface area (Å²) < 4.78 is 52.3. The largest absolute Gasteiger partial charge is 0.461 e. The number of aromatic nitrogens is 5. The van der Waals surface area contributed by atoms with Crippen LogP contribution < -0.4 is 9.64 Å². The molecule has 3 atom stereocenters. The van der Waals surface area contributed by atoms with Gasteiger partial charge in [-0.15, -0.1) is 0 Å². The van der Waals surface area contributed by atoms with Gasteiger partial charge in [0.1, 0.15) is 41.4 Å². The summed E-state index contributed by atoms with van der Waals surface area (Å²) >= 11 is 6.42. The van der Waals surface area contributed by atoms with Crippen LogP contribution in [0.1, 0.15) is 37.2 Å². The fraction of sp³-hybridized carbons (Fsp3) is 0.368. The molecule has 6 heterocycles. The third kappa shape index (κ3) is 6.19. The molecule has 0 unspecified atom stereocenters. The number of benzene rings is 2. The van der Waals surface area contributed by atoms with Gasteiger partial charge in [0, 0.05) is 68.6 Å². The highest BCUT2D eigenvalue weighted by Gasteiger charge is 2.49. The van der Waals surface area contributed by atoms with Crippen molar-refractivity contribution >= 4 is 51.1 Å². The van der Waals surface area contributed by atoms with Gasteiger partial charge in [0.15, 0.2) is 5.82 Å². The van der Waals surface area contributed by atoms with E-state index in [4.69, 9.17) is 21.3 Å². The number of ether oxygens (including phenoxy) is 1. The maximum atomic E-state index is 16.8. The first kappa shape index (κ1) is 34.2.